The molecule has 0 saturated carbocycles. The van der Waals surface area contributed by atoms with E-state index >= 15 is 0 Å². The van der Waals surface area contributed by atoms with Crippen LogP contribution in [0.25, 0.3) is 0 Å². The first-order valence-corrected chi connectivity index (χ1v) is 11.4. The Morgan fingerprint density at radius 2 is 2.00 bits per heavy atom. The molecule has 0 atom stereocenters. The number of likely N-dealkylation sites (tertiary alicyclic amines) is 1. The van der Waals surface area contributed by atoms with E-state index in [-0.39, 0.29) is 24.8 Å². The third-order valence-corrected chi connectivity index (χ3v) is 5.86. The molecule has 0 aliphatic carbocycles. The molecule has 3 rings (SSSR count). The Labute approximate surface area is 198 Å². The largest absolute Gasteiger partial charge is 0.492 e. The smallest absolute Gasteiger partial charge is 0.303 e. The van der Waals surface area contributed by atoms with Crippen LogP contribution >= 0.6 is 11.6 Å². The highest BCUT2D eigenvalue weighted by Gasteiger charge is 2.27. The highest BCUT2D eigenvalue weighted by atomic mass is 35.5. The number of hydrogen-bond acceptors (Lipinski definition) is 7. The minimum atomic E-state index is -0.996. The van der Waals surface area contributed by atoms with E-state index in [0.29, 0.717) is 35.1 Å². The summed E-state index contributed by atoms with van der Waals surface area (Å²) < 4.78 is 10.7. The predicted octanol–water partition coefficient (Wildman–Crippen LogP) is 1.42. The van der Waals surface area contributed by atoms with E-state index in [1.54, 1.807) is 13.2 Å². The number of primary amides is 1. The number of nitrogens with one attached hydrogen (secondary N) is 1. The Balaban J connectivity index is 0.000000414. The van der Waals surface area contributed by atoms with Gasteiger partial charge in [0.05, 0.1) is 29.3 Å². The average Bonchev–Trinajstić information content (AvgIpc) is 3.27. The highest BCUT2D eigenvalue weighted by Crippen LogP contribution is 2.38. The van der Waals surface area contributed by atoms with Crippen LogP contribution in [0.1, 0.15) is 48.0 Å². The van der Waals surface area contributed by atoms with Crippen molar-refractivity contribution in [3.05, 3.63) is 22.2 Å². The second-order valence-corrected chi connectivity index (χ2v) is 8.43. The van der Waals surface area contributed by atoms with Crippen LogP contribution in [0.3, 0.4) is 0 Å². The van der Waals surface area contributed by atoms with Crippen molar-refractivity contribution in [3.8, 4) is 5.75 Å². The van der Waals surface area contributed by atoms with E-state index in [9.17, 15) is 14.4 Å². The van der Waals surface area contributed by atoms with Gasteiger partial charge in [-0.05, 0) is 25.3 Å². The molecule has 2 aliphatic rings. The lowest BCUT2D eigenvalue weighted by Crippen LogP contribution is -2.45. The molecule has 1 fully saturated rings. The summed E-state index contributed by atoms with van der Waals surface area (Å²) >= 11 is 6.19. The maximum atomic E-state index is 12.7. The van der Waals surface area contributed by atoms with Gasteiger partial charge in [0.2, 0.25) is 5.91 Å². The molecule has 1 aromatic carbocycles. The number of hydrogen-bond donors (Lipinski definition) is 4. The minimum Gasteiger partial charge on any atom is -0.492 e. The van der Waals surface area contributed by atoms with Crippen LogP contribution in [0.2, 0.25) is 5.02 Å². The number of carbonyl (C=O) groups excluding carboxylic acids is 2. The number of rotatable bonds is 9. The van der Waals surface area contributed by atoms with Crippen molar-refractivity contribution >= 4 is 35.1 Å². The molecule has 0 radical (unpaired) electrons. The van der Waals surface area contributed by atoms with Crippen molar-refractivity contribution in [2.45, 2.75) is 44.6 Å². The van der Waals surface area contributed by atoms with Crippen LogP contribution in [0.4, 0.5) is 5.69 Å². The lowest BCUT2D eigenvalue weighted by Gasteiger charge is -2.32. The summed E-state index contributed by atoms with van der Waals surface area (Å²) in [6.07, 6.45) is 3.39. The summed E-state index contributed by atoms with van der Waals surface area (Å²) in [5, 5.41) is 11.5. The number of nitrogens with zero attached hydrogens (tertiary/aromatic N) is 1. The monoisotopic (exact) mass is 484 g/mol. The fourth-order valence-electron chi connectivity index (χ4n) is 3.76. The maximum Gasteiger partial charge on any atom is 0.303 e. The number of carboxylic acid groups (broad SMARTS) is 1. The van der Waals surface area contributed by atoms with Crippen molar-refractivity contribution in [3.63, 3.8) is 0 Å². The van der Waals surface area contributed by atoms with Crippen molar-refractivity contribution in [2.75, 3.05) is 45.7 Å². The molecule has 2 heterocycles. The fraction of sp³-hybridized carbons (Fsp3) is 0.591. The topological polar surface area (TPSA) is 157 Å². The lowest BCUT2D eigenvalue weighted by atomic mass is 10.0. The second-order valence-electron chi connectivity index (χ2n) is 8.02. The number of carboxylic acids is 1. The molecule has 0 spiro atoms. The van der Waals surface area contributed by atoms with Gasteiger partial charge in [0.1, 0.15) is 5.75 Å². The lowest BCUT2D eigenvalue weighted by molar-refractivity contribution is -0.138. The summed E-state index contributed by atoms with van der Waals surface area (Å²) in [4.78, 5) is 34.7. The molecule has 0 aromatic heterocycles. The van der Waals surface area contributed by atoms with Crippen LogP contribution in [-0.4, -0.2) is 73.8 Å². The Hall–Kier alpha value is -2.56. The number of carbonyl (C=O) groups is 3. The zero-order valence-electron chi connectivity index (χ0n) is 18.9. The van der Waals surface area contributed by atoms with Gasteiger partial charge in [-0.25, -0.2) is 0 Å². The number of halogens is 1. The third-order valence-electron chi connectivity index (χ3n) is 5.55. The predicted molar refractivity (Wildman–Crippen MR) is 125 cm³/mol. The maximum absolute atomic E-state index is 12.7. The molecule has 11 heteroatoms. The van der Waals surface area contributed by atoms with E-state index in [2.05, 4.69) is 16.0 Å². The summed E-state index contributed by atoms with van der Waals surface area (Å²) in [6, 6.07) is 1.80. The van der Waals surface area contributed by atoms with E-state index in [0.717, 1.165) is 51.1 Å². The molecule has 1 saturated heterocycles. The van der Waals surface area contributed by atoms with Gasteiger partial charge in [-0.3, -0.25) is 14.4 Å². The number of ether oxygens (including phenoxy) is 2. The van der Waals surface area contributed by atoms with Crippen LogP contribution in [0, 0.1) is 0 Å². The molecule has 33 heavy (non-hydrogen) atoms. The summed E-state index contributed by atoms with van der Waals surface area (Å²) in [5.74, 6) is -1.11. The van der Waals surface area contributed by atoms with Crippen molar-refractivity contribution in [1.82, 2.24) is 10.2 Å². The van der Waals surface area contributed by atoms with Crippen LogP contribution in [0.15, 0.2) is 6.07 Å². The summed E-state index contributed by atoms with van der Waals surface area (Å²) in [7, 11) is 1.73. The number of fused-ring (bicyclic) bond motifs is 1. The van der Waals surface area contributed by atoms with Crippen LogP contribution in [0.5, 0.6) is 5.75 Å². The van der Waals surface area contributed by atoms with Crippen molar-refractivity contribution in [2.24, 2.45) is 5.73 Å². The molecule has 6 N–H and O–H groups in total. The number of anilines is 1. The van der Waals surface area contributed by atoms with Gasteiger partial charge in [-0.2, -0.15) is 0 Å². The van der Waals surface area contributed by atoms with E-state index in [1.807, 2.05) is 0 Å². The average molecular weight is 485 g/mol. The van der Waals surface area contributed by atoms with Gasteiger partial charge in [-0.1, -0.05) is 11.6 Å². The van der Waals surface area contributed by atoms with Crippen LogP contribution in [-0.2, 0) is 20.7 Å². The molecule has 10 nitrogen and oxygen atoms in total. The Morgan fingerprint density at radius 1 is 1.30 bits per heavy atom. The van der Waals surface area contributed by atoms with Gasteiger partial charge in [0, 0.05) is 57.8 Å². The first-order valence-electron chi connectivity index (χ1n) is 11.0. The SMILES string of the molecule is COCCCN1CCC(NC(=O)c2cc(Cl)c(N)c3c2OCC3)CC1.NC(=O)CCC(=O)O. The normalized spacial score (nSPS) is 15.7. The fourth-order valence-corrected chi connectivity index (χ4v) is 3.99. The number of methoxy groups -OCH3 is 1. The number of piperidine rings is 1. The molecule has 2 aliphatic heterocycles. The third kappa shape index (κ3) is 8.38. The Bertz CT molecular complexity index is 829. The molecule has 0 unspecified atom stereocenters. The number of nitrogen functional groups attached to an aromatic ring is 1. The molecule has 2 amide bonds. The number of nitrogens with two attached hydrogens (primary N) is 2. The zero-order chi connectivity index (χ0) is 24.4. The number of aliphatic carboxylic acids is 1. The van der Waals surface area contributed by atoms with E-state index < -0.39 is 11.9 Å². The van der Waals surface area contributed by atoms with Gasteiger partial charge < -0.3 is 36.3 Å². The standard InChI is InChI=1S/C18H26ClN3O3.C4H7NO3/c1-24-9-2-6-22-7-3-12(4-8-22)21-18(23)14-11-15(19)16(20)13-5-10-25-17(13)14;5-3(6)1-2-4(7)8/h11-12H,2-10,20H2,1H3,(H,21,23);1-2H2,(H2,5,6)(H,7,8). The molecule has 184 valence electrons. The van der Waals surface area contributed by atoms with E-state index in [4.69, 9.17) is 31.9 Å². The Kier molecular flexibility index (Phi) is 10.7. The minimum absolute atomic E-state index is 0.0741. The van der Waals surface area contributed by atoms with Gasteiger partial charge in [0.25, 0.3) is 5.91 Å². The van der Waals surface area contributed by atoms with Gasteiger partial charge >= 0.3 is 5.97 Å². The second kappa shape index (κ2) is 13.2. The summed E-state index contributed by atoms with van der Waals surface area (Å²) in [5.41, 5.74) is 12.5. The highest BCUT2D eigenvalue weighted by molar-refractivity contribution is 6.33. The van der Waals surface area contributed by atoms with Gasteiger partial charge in [-0.15, -0.1) is 0 Å². The van der Waals surface area contributed by atoms with E-state index in [1.165, 1.54) is 0 Å². The molecule has 0 bridgehead atoms. The molecular weight excluding hydrogens is 452 g/mol. The summed E-state index contributed by atoms with van der Waals surface area (Å²) in [6.45, 7) is 4.36. The Morgan fingerprint density at radius 3 is 2.58 bits per heavy atom. The van der Waals surface area contributed by atoms with Crippen LogP contribution < -0.4 is 21.5 Å². The number of amides is 2. The van der Waals surface area contributed by atoms with Crippen molar-refractivity contribution < 1.29 is 29.0 Å². The first kappa shape index (κ1) is 26.7. The zero-order valence-corrected chi connectivity index (χ0v) is 19.7. The van der Waals surface area contributed by atoms with Gasteiger partial charge in [0.15, 0.2) is 0 Å². The number of benzene rings is 1. The molecule has 1 aromatic rings. The van der Waals surface area contributed by atoms with Crippen molar-refractivity contribution in [1.29, 1.82) is 0 Å². The first-order chi connectivity index (χ1) is 15.7. The molecular formula is C22H33ClN4O6. The quantitative estimate of drug-likeness (QED) is 0.302.